The van der Waals surface area contributed by atoms with Crippen molar-refractivity contribution in [3.05, 3.63) is 41.4 Å². The molecule has 0 fully saturated rings. The molecule has 1 aromatic rings. The summed E-state index contributed by atoms with van der Waals surface area (Å²) < 4.78 is 5.38. The number of hydrogen-bond donors (Lipinski definition) is 2. The molecule has 1 unspecified atom stereocenters. The van der Waals surface area contributed by atoms with Gasteiger partial charge in [-0.1, -0.05) is 29.8 Å². The Hall–Kier alpha value is -1.03. The Balaban J connectivity index is 2.79. The number of para-hydroxylation sites is 1. The fourth-order valence-electron chi connectivity index (χ4n) is 1.26. The molecule has 0 aliphatic rings. The maximum Gasteiger partial charge on any atom is 0.141 e. The van der Waals surface area contributed by atoms with Gasteiger partial charge in [0.25, 0.3) is 0 Å². The summed E-state index contributed by atoms with van der Waals surface area (Å²) in [5.41, 5.74) is 0.910. The maximum atomic E-state index is 9.19. The first kappa shape index (κ1) is 13.0. The minimum Gasteiger partial charge on any atom is -0.489 e. The van der Waals surface area contributed by atoms with Gasteiger partial charge in [-0.15, -0.1) is 6.58 Å². The molecule has 0 saturated carbocycles. The molecule has 3 nitrogen and oxygen atoms in total. The molecular formula is C12H15ClO3. The van der Waals surface area contributed by atoms with E-state index in [0.29, 0.717) is 17.2 Å². The third-order valence-corrected chi connectivity index (χ3v) is 2.34. The lowest BCUT2D eigenvalue weighted by Gasteiger charge is -2.14. The Labute approximate surface area is 99.9 Å². The smallest absolute Gasteiger partial charge is 0.141 e. The summed E-state index contributed by atoms with van der Waals surface area (Å²) in [4.78, 5) is 0. The first-order chi connectivity index (χ1) is 7.69. The Morgan fingerprint density at radius 1 is 1.50 bits per heavy atom. The van der Waals surface area contributed by atoms with Gasteiger partial charge in [0.1, 0.15) is 18.5 Å². The van der Waals surface area contributed by atoms with E-state index in [2.05, 4.69) is 6.58 Å². The summed E-state index contributed by atoms with van der Waals surface area (Å²) in [5, 5.41) is 18.4. The summed E-state index contributed by atoms with van der Waals surface area (Å²) >= 11 is 5.99. The average molecular weight is 243 g/mol. The van der Waals surface area contributed by atoms with Crippen LogP contribution in [-0.2, 0) is 6.42 Å². The first-order valence-corrected chi connectivity index (χ1v) is 5.36. The zero-order valence-electron chi connectivity index (χ0n) is 8.90. The molecule has 16 heavy (non-hydrogen) atoms. The summed E-state index contributed by atoms with van der Waals surface area (Å²) in [6.07, 6.45) is 1.50. The molecule has 0 saturated heterocycles. The van der Waals surface area contributed by atoms with Crippen molar-refractivity contribution in [2.45, 2.75) is 12.5 Å². The fourth-order valence-corrected chi connectivity index (χ4v) is 1.51. The molecule has 88 valence electrons. The number of aliphatic hydroxyl groups is 2. The number of halogens is 1. The van der Waals surface area contributed by atoms with E-state index in [1.165, 1.54) is 0 Å². The predicted molar refractivity (Wildman–Crippen MR) is 63.9 cm³/mol. The van der Waals surface area contributed by atoms with Crippen LogP contribution in [0.4, 0.5) is 0 Å². The minimum absolute atomic E-state index is 0.0182. The third-order valence-electron chi connectivity index (χ3n) is 2.04. The molecule has 1 aromatic carbocycles. The van der Waals surface area contributed by atoms with Crippen molar-refractivity contribution in [3.8, 4) is 5.75 Å². The lowest BCUT2D eigenvalue weighted by molar-refractivity contribution is 0.0534. The van der Waals surface area contributed by atoms with E-state index >= 15 is 0 Å². The Kier molecular flexibility index (Phi) is 5.32. The molecule has 0 spiro atoms. The van der Waals surface area contributed by atoms with Gasteiger partial charge in [0.05, 0.1) is 11.6 Å². The quantitative estimate of drug-likeness (QED) is 0.748. The highest BCUT2D eigenvalue weighted by Crippen LogP contribution is 2.29. The van der Waals surface area contributed by atoms with Gasteiger partial charge in [-0.05, 0) is 18.1 Å². The van der Waals surface area contributed by atoms with E-state index < -0.39 is 6.10 Å². The lowest BCUT2D eigenvalue weighted by Crippen LogP contribution is -2.21. The van der Waals surface area contributed by atoms with Crippen molar-refractivity contribution in [3.63, 3.8) is 0 Å². The largest absolute Gasteiger partial charge is 0.489 e. The minimum atomic E-state index is -0.896. The summed E-state index contributed by atoms with van der Waals surface area (Å²) in [6.45, 7) is 3.34. The standard InChI is InChI=1S/C12H15ClO3/c1-2-4-9-5-3-6-11(13)12(9)16-8-10(15)7-14/h2-3,5-6,10,14-15H,1,4,7-8H2. The highest BCUT2D eigenvalue weighted by molar-refractivity contribution is 6.32. The van der Waals surface area contributed by atoms with Crippen LogP contribution in [0.2, 0.25) is 5.02 Å². The van der Waals surface area contributed by atoms with Gasteiger partial charge >= 0.3 is 0 Å². The van der Waals surface area contributed by atoms with Crippen LogP contribution >= 0.6 is 11.6 Å². The predicted octanol–water partition coefficient (Wildman–Crippen LogP) is 1.80. The van der Waals surface area contributed by atoms with Gasteiger partial charge < -0.3 is 14.9 Å². The van der Waals surface area contributed by atoms with Gasteiger partial charge in [0, 0.05) is 0 Å². The van der Waals surface area contributed by atoms with Crippen molar-refractivity contribution in [1.82, 2.24) is 0 Å². The fraction of sp³-hybridized carbons (Fsp3) is 0.333. The van der Waals surface area contributed by atoms with Crippen molar-refractivity contribution in [2.75, 3.05) is 13.2 Å². The SMILES string of the molecule is C=CCc1cccc(Cl)c1OCC(O)CO. The second kappa shape index (κ2) is 6.53. The number of benzene rings is 1. The number of ether oxygens (including phenoxy) is 1. The van der Waals surface area contributed by atoms with Crippen LogP contribution in [0.15, 0.2) is 30.9 Å². The van der Waals surface area contributed by atoms with E-state index in [4.69, 9.17) is 21.4 Å². The molecule has 0 aromatic heterocycles. The molecule has 2 N–H and O–H groups in total. The van der Waals surface area contributed by atoms with Crippen molar-refractivity contribution in [1.29, 1.82) is 0 Å². The van der Waals surface area contributed by atoms with Crippen LogP contribution in [0.1, 0.15) is 5.56 Å². The molecular weight excluding hydrogens is 228 g/mol. The molecule has 0 aliphatic heterocycles. The van der Waals surface area contributed by atoms with Crippen molar-refractivity contribution in [2.24, 2.45) is 0 Å². The van der Waals surface area contributed by atoms with Crippen LogP contribution in [0.25, 0.3) is 0 Å². The highest BCUT2D eigenvalue weighted by atomic mass is 35.5. The maximum absolute atomic E-state index is 9.19. The second-order valence-corrected chi connectivity index (χ2v) is 3.78. The molecule has 4 heteroatoms. The Morgan fingerprint density at radius 2 is 2.25 bits per heavy atom. The molecule has 0 radical (unpaired) electrons. The third kappa shape index (κ3) is 3.52. The van der Waals surface area contributed by atoms with Crippen molar-refractivity contribution >= 4 is 11.6 Å². The number of rotatable bonds is 6. The molecule has 1 rings (SSSR count). The molecule has 0 aliphatic carbocycles. The monoisotopic (exact) mass is 242 g/mol. The number of hydrogen-bond acceptors (Lipinski definition) is 3. The lowest BCUT2D eigenvalue weighted by atomic mass is 10.1. The first-order valence-electron chi connectivity index (χ1n) is 4.99. The van der Waals surface area contributed by atoms with Crippen LogP contribution in [0.5, 0.6) is 5.75 Å². The van der Waals surface area contributed by atoms with Gasteiger partial charge in [0.15, 0.2) is 0 Å². The normalized spacial score (nSPS) is 12.2. The highest BCUT2D eigenvalue weighted by Gasteiger charge is 2.09. The summed E-state index contributed by atoms with van der Waals surface area (Å²) in [6, 6.07) is 5.43. The van der Waals surface area contributed by atoms with Gasteiger partial charge in [0.2, 0.25) is 0 Å². The number of allylic oxidation sites excluding steroid dienone is 1. The molecule has 0 heterocycles. The van der Waals surface area contributed by atoms with E-state index in [1.807, 2.05) is 12.1 Å². The van der Waals surface area contributed by atoms with E-state index in [-0.39, 0.29) is 13.2 Å². The zero-order valence-corrected chi connectivity index (χ0v) is 9.65. The Morgan fingerprint density at radius 3 is 2.88 bits per heavy atom. The van der Waals surface area contributed by atoms with Gasteiger partial charge in [-0.25, -0.2) is 0 Å². The Bertz CT molecular complexity index is 352. The van der Waals surface area contributed by atoms with Crippen LogP contribution in [-0.4, -0.2) is 29.5 Å². The average Bonchev–Trinajstić information content (AvgIpc) is 2.28. The van der Waals surface area contributed by atoms with Crippen LogP contribution in [0.3, 0.4) is 0 Å². The molecule has 1 atom stereocenters. The summed E-state index contributed by atoms with van der Waals surface area (Å²) in [7, 11) is 0. The molecule has 0 amide bonds. The van der Waals surface area contributed by atoms with Crippen molar-refractivity contribution < 1.29 is 14.9 Å². The van der Waals surface area contributed by atoms with E-state index in [9.17, 15) is 5.11 Å². The zero-order chi connectivity index (χ0) is 12.0. The van der Waals surface area contributed by atoms with E-state index in [1.54, 1.807) is 12.1 Å². The molecule has 0 bridgehead atoms. The topological polar surface area (TPSA) is 49.7 Å². The summed E-state index contributed by atoms with van der Waals surface area (Å²) in [5.74, 6) is 0.538. The number of aliphatic hydroxyl groups excluding tert-OH is 2. The van der Waals surface area contributed by atoms with E-state index in [0.717, 1.165) is 5.56 Å². The van der Waals surface area contributed by atoms with Gasteiger partial charge in [-0.2, -0.15) is 0 Å². The second-order valence-electron chi connectivity index (χ2n) is 3.37. The van der Waals surface area contributed by atoms with Crippen LogP contribution in [0, 0.1) is 0 Å². The van der Waals surface area contributed by atoms with Crippen LogP contribution < -0.4 is 4.74 Å². The van der Waals surface area contributed by atoms with Gasteiger partial charge in [-0.3, -0.25) is 0 Å².